The second-order valence-corrected chi connectivity index (χ2v) is 8.38. The van der Waals surface area contributed by atoms with Crippen LogP contribution in [0, 0.1) is 5.92 Å². The molecular formula is C22H32N4OS. The molecule has 6 heteroatoms. The van der Waals surface area contributed by atoms with E-state index in [0.29, 0.717) is 5.92 Å². The second kappa shape index (κ2) is 11.2. The molecule has 1 aliphatic rings. The zero-order chi connectivity index (χ0) is 19.6. The number of ether oxygens (including phenoxy) is 1. The van der Waals surface area contributed by atoms with Crippen molar-refractivity contribution in [3.05, 3.63) is 57.8 Å². The number of thiophene rings is 1. The first-order chi connectivity index (χ1) is 13.7. The Bertz CT molecular complexity index is 726. The summed E-state index contributed by atoms with van der Waals surface area (Å²) in [5.74, 6) is 1.42. The van der Waals surface area contributed by atoms with Gasteiger partial charge in [-0.2, -0.15) is 0 Å². The molecule has 1 aliphatic heterocycles. The quantitative estimate of drug-likeness (QED) is 0.528. The summed E-state index contributed by atoms with van der Waals surface area (Å²) >= 11 is 1.83. The summed E-state index contributed by atoms with van der Waals surface area (Å²) in [6.45, 7) is 8.62. The molecule has 2 N–H and O–H groups in total. The summed E-state index contributed by atoms with van der Waals surface area (Å²) in [5, 5.41) is 9.09. The van der Waals surface area contributed by atoms with Gasteiger partial charge in [0, 0.05) is 44.6 Å². The van der Waals surface area contributed by atoms with Crippen LogP contribution in [0.5, 0.6) is 0 Å². The average molecular weight is 401 g/mol. The highest BCUT2D eigenvalue weighted by Gasteiger charge is 2.13. The first-order valence-corrected chi connectivity index (χ1v) is 11.0. The molecule has 0 radical (unpaired) electrons. The minimum absolute atomic E-state index is 0.561. The average Bonchev–Trinajstić information content (AvgIpc) is 3.23. The Morgan fingerprint density at radius 2 is 1.93 bits per heavy atom. The molecule has 2 aromatic rings. The van der Waals surface area contributed by atoms with Crippen LogP contribution in [0.25, 0.3) is 0 Å². The second-order valence-electron chi connectivity index (χ2n) is 7.35. The van der Waals surface area contributed by atoms with Crippen molar-refractivity contribution in [2.45, 2.75) is 26.4 Å². The molecular weight excluding hydrogens is 368 g/mol. The predicted octanol–water partition coefficient (Wildman–Crippen LogP) is 3.12. The van der Waals surface area contributed by atoms with E-state index in [4.69, 9.17) is 4.74 Å². The Kier molecular flexibility index (Phi) is 8.33. The van der Waals surface area contributed by atoms with Gasteiger partial charge in [-0.25, -0.2) is 0 Å². The molecule has 1 saturated heterocycles. The van der Waals surface area contributed by atoms with Gasteiger partial charge in [0.25, 0.3) is 0 Å². The molecule has 1 unspecified atom stereocenters. The van der Waals surface area contributed by atoms with Crippen LogP contribution >= 0.6 is 11.3 Å². The first kappa shape index (κ1) is 20.8. The number of hydrogen-bond donors (Lipinski definition) is 2. The maximum absolute atomic E-state index is 5.46. The third kappa shape index (κ3) is 6.62. The predicted molar refractivity (Wildman–Crippen MR) is 118 cm³/mol. The zero-order valence-corrected chi connectivity index (χ0v) is 17.8. The van der Waals surface area contributed by atoms with Crippen LogP contribution in [-0.2, 0) is 24.2 Å². The van der Waals surface area contributed by atoms with Gasteiger partial charge in [-0.15, -0.1) is 11.3 Å². The van der Waals surface area contributed by atoms with Gasteiger partial charge in [0.2, 0.25) is 0 Å². The number of nitrogens with zero attached hydrogens (tertiary/aromatic N) is 2. The number of guanidine groups is 1. The summed E-state index contributed by atoms with van der Waals surface area (Å²) in [4.78, 5) is 8.29. The molecule has 0 amide bonds. The van der Waals surface area contributed by atoms with Crippen LogP contribution in [0.4, 0.5) is 0 Å². The molecule has 1 aromatic carbocycles. The van der Waals surface area contributed by atoms with E-state index in [0.717, 1.165) is 58.3 Å². The van der Waals surface area contributed by atoms with Crippen LogP contribution in [0.3, 0.4) is 0 Å². The van der Waals surface area contributed by atoms with E-state index in [1.54, 1.807) is 0 Å². The molecule has 0 saturated carbocycles. The van der Waals surface area contributed by atoms with Crippen molar-refractivity contribution >= 4 is 17.3 Å². The first-order valence-electron chi connectivity index (χ1n) is 10.1. The maximum Gasteiger partial charge on any atom is 0.191 e. The van der Waals surface area contributed by atoms with Crippen molar-refractivity contribution in [3.8, 4) is 0 Å². The van der Waals surface area contributed by atoms with Crippen LogP contribution in [0.15, 0.2) is 46.8 Å². The van der Waals surface area contributed by atoms with Gasteiger partial charge in [0.05, 0.1) is 13.2 Å². The fraction of sp³-hybridized carbons (Fsp3) is 0.500. The highest BCUT2D eigenvalue weighted by Crippen LogP contribution is 2.14. The van der Waals surface area contributed by atoms with Gasteiger partial charge < -0.3 is 15.4 Å². The number of aliphatic imine (C=N–C) groups is 1. The van der Waals surface area contributed by atoms with E-state index in [9.17, 15) is 0 Å². The van der Waals surface area contributed by atoms with Crippen LogP contribution in [0.1, 0.15) is 22.9 Å². The molecule has 152 valence electrons. The Balaban J connectivity index is 1.48. The minimum atomic E-state index is 0.561. The number of morpholine rings is 1. The number of hydrogen-bond acceptors (Lipinski definition) is 4. The molecule has 5 nitrogen and oxygen atoms in total. The zero-order valence-electron chi connectivity index (χ0n) is 17.0. The lowest BCUT2D eigenvalue weighted by molar-refractivity contribution is 0.0341. The molecule has 0 aliphatic carbocycles. The normalized spacial score (nSPS) is 16.7. The smallest absolute Gasteiger partial charge is 0.191 e. The van der Waals surface area contributed by atoms with Gasteiger partial charge in [-0.3, -0.25) is 9.89 Å². The highest BCUT2D eigenvalue weighted by atomic mass is 32.1. The lowest BCUT2D eigenvalue weighted by Gasteiger charge is -2.27. The molecule has 0 bridgehead atoms. The van der Waals surface area contributed by atoms with Crippen LogP contribution in [0.2, 0.25) is 0 Å². The lowest BCUT2D eigenvalue weighted by Crippen LogP contribution is -2.39. The molecule has 2 heterocycles. The van der Waals surface area contributed by atoms with Crippen molar-refractivity contribution in [3.63, 3.8) is 0 Å². The van der Waals surface area contributed by atoms with Crippen molar-refractivity contribution in [1.82, 2.24) is 15.5 Å². The molecule has 1 atom stereocenters. The third-order valence-corrected chi connectivity index (χ3v) is 5.93. The van der Waals surface area contributed by atoms with Crippen LogP contribution in [-0.4, -0.2) is 50.8 Å². The summed E-state index contributed by atoms with van der Waals surface area (Å²) in [7, 11) is 1.83. The topological polar surface area (TPSA) is 48.9 Å². The summed E-state index contributed by atoms with van der Waals surface area (Å²) in [6.07, 6.45) is 1.10. The molecule has 28 heavy (non-hydrogen) atoms. The standard InChI is InChI=1S/C22H32N4OS/c1-18(14-21-8-5-13-28-21)15-24-22(23-2)25-16-19-6-3-4-7-20(19)17-26-9-11-27-12-10-26/h3-8,13,18H,9-12,14-17H2,1-2H3,(H2,23,24,25). The minimum Gasteiger partial charge on any atom is -0.379 e. The van der Waals surface area contributed by atoms with E-state index in [2.05, 4.69) is 69.2 Å². The molecule has 1 aromatic heterocycles. The lowest BCUT2D eigenvalue weighted by atomic mass is 10.1. The largest absolute Gasteiger partial charge is 0.379 e. The third-order valence-electron chi connectivity index (χ3n) is 5.03. The summed E-state index contributed by atoms with van der Waals surface area (Å²) < 4.78 is 5.46. The van der Waals surface area contributed by atoms with Crippen molar-refractivity contribution in [1.29, 1.82) is 0 Å². The van der Waals surface area contributed by atoms with Crippen molar-refractivity contribution < 1.29 is 4.74 Å². The number of benzene rings is 1. The van der Waals surface area contributed by atoms with E-state index in [1.807, 2.05) is 18.4 Å². The fourth-order valence-electron chi connectivity index (χ4n) is 3.40. The van der Waals surface area contributed by atoms with Crippen molar-refractivity contribution in [2.75, 3.05) is 39.9 Å². The van der Waals surface area contributed by atoms with E-state index < -0.39 is 0 Å². The summed E-state index contributed by atoms with van der Waals surface area (Å²) in [5.41, 5.74) is 2.70. The van der Waals surface area contributed by atoms with E-state index >= 15 is 0 Å². The van der Waals surface area contributed by atoms with E-state index in [-0.39, 0.29) is 0 Å². The Morgan fingerprint density at radius 3 is 2.64 bits per heavy atom. The van der Waals surface area contributed by atoms with Gasteiger partial charge in [0.1, 0.15) is 0 Å². The van der Waals surface area contributed by atoms with Gasteiger partial charge in [0.15, 0.2) is 5.96 Å². The number of nitrogens with one attached hydrogen (secondary N) is 2. The monoisotopic (exact) mass is 400 g/mol. The van der Waals surface area contributed by atoms with Crippen molar-refractivity contribution in [2.24, 2.45) is 10.9 Å². The Hall–Kier alpha value is -1.89. The molecule has 3 rings (SSSR count). The highest BCUT2D eigenvalue weighted by molar-refractivity contribution is 7.09. The fourth-order valence-corrected chi connectivity index (χ4v) is 4.27. The van der Waals surface area contributed by atoms with E-state index in [1.165, 1.54) is 16.0 Å². The number of rotatable bonds is 8. The van der Waals surface area contributed by atoms with Gasteiger partial charge in [-0.05, 0) is 34.9 Å². The Labute approximate surface area is 172 Å². The van der Waals surface area contributed by atoms with Crippen LogP contribution < -0.4 is 10.6 Å². The Morgan fingerprint density at radius 1 is 1.14 bits per heavy atom. The molecule has 1 fully saturated rings. The van der Waals surface area contributed by atoms with Gasteiger partial charge in [-0.1, -0.05) is 37.3 Å². The summed E-state index contributed by atoms with van der Waals surface area (Å²) in [6, 6.07) is 13.0. The molecule has 0 spiro atoms. The SMILES string of the molecule is CN=C(NCc1ccccc1CN1CCOCC1)NCC(C)Cc1cccs1. The van der Waals surface area contributed by atoms with Gasteiger partial charge >= 0.3 is 0 Å². The maximum atomic E-state index is 5.46.